The van der Waals surface area contributed by atoms with Gasteiger partial charge in [0.1, 0.15) is 0 Å². The first-order valence-corrected chi connectivity index (χ1v) is 3.04. The lowest BCUT2D eigenvalue weighted by Gasteiger charge is -1.78. The van der Waals surface area contributed by atoms with Crippen molar-refractivity contribution in [1.29, 1.82) is 0 Å². The van der Waals surface area contributed by atoms with Crippen LogP contribution in [-0.2, 0) is 6.42 Å². The lowest BCUT2D eigenvalue weighted by atomic mass is 10.4. The Morgan fingerprint density at radius 3 is 2.86 bits per heavy atom. The van der Waals surface area contributed by atoms with Crippen molar-refractivity contribution in [3.63, 3.8) is 0 Å². The Kier molecular flexibility index (Phi) is 1.47. The molecule has 0 saturated heterocycles. The zero-order chi connectivity index (χ0) is 5.11. The van der Waals surface area contributed by atoms with Gasteiger partial charge in [-0.25, -0.2) is 0 Å². The zero-order valence-corrected chi connectivity index (χ0v) is 4.74. The third kappa shape index (κ3) is 1.03. The van der Waals surface area contributed by atoms with E-state index in [1.807, 2.05) is 17.5 Å². The monoisotopic (exact) mass is 110 g/mol. The maximum absolute atomic E-state index is 5.30. The number of rotatable bonds is 1. The maximum atomic E-state index is 5.30. The van der Waals surface area contributed by atoms with E-state index in [4.69, 9.17) is 6.92 Å². The molecule has 0 N–H and O–H groups in total. The summed E-state index contributed by atoms with van der Waals surface area (Å²) < 4.78 is 0. The quantitative estimate of drug-likeness (QED) is 0.518. The van der Waals surface area contributed by atoms with E-state index >= 15 is 0 Å². The molecule has 1 heterocycles. The van der Waals surface area contributed by atoms with Gasteiger partial charge in [0.2, 0.25) is 0 Å². The third-order valence-electron chi connectivity index (χ3n) is 0.781. The van der Waals surface area contributed by atoms with Crippen LogP contribution in [0.15, 0.2) is 17.5 Å². The van der Waals surface area contributed by atoms with E-state index in [9.17, 15) is 0 Å². The van der Waals surface area contributed by atoms with Crippen molar-refractivity contribution in [3.8, 4) is 0 Å². The van der Waals surface area contributed by atoms with Crippen LogP contribution in [0.25, 0.3) is 0 Å². The molecule has 1 rings (SSSR count). The Balaban J connectivity index is 2.76. The highest BCUT2D eigenvalue weighted by atomic mass is 32.1. The molecular formula is C6H6S. The largest absolute Gasteiger partial charge is 0.149 e. The molecule has 1 aromatic heterocycles. The summed E-state index contributed by atoms with van der Waals surface area (Å²) in [5.74, 6) is 0. The lowest BCUT2D eigenvalue weighted by molar-refractivity contribution is 1.35. The lowest BCUT2D eigenvalue weighted by Crippen LogP contribution is -1.63. The van der Waals surface area contributed by atoms with E-state index in [0.29, 0.717) is 6.42 Å². The minimum atomic E-state index is 0.678. The van der Waals surface area contributed by atoms with E-state index < -0.39 is 0 Å². The smallest absolute Gasteiger partial charge is 0.00481 e. The molecule has 0 spiro atoms. The molecule has 1 aromatic rings. The summed E-state index contributed by atoms with van der Waals surface area (Å²) in [7, 11) is 0. The Morgan fingerprint density at radius 1 is 1.71 bits per heavy atom. The maximum Gasteiger partial charge on any atom is 0.00481 e. The fraction of sp³-hybridized carbons (Fsp3) is 0.167. The second-order valence-electron chi connectivity index (χ2n) is 1.28. The molecule has 0 unspecified atom stereocenters. The van der Waals surface area contributed by atoms with Crippen molar-refractivity contribution in [3.05, 3.63) is 29.3 Å². The Morgan fingerprint density at radius 2 is 2.57 bits per heavy atom. The van der Waals surface area contributed by atoms with Crippen molar-refractivity contribution >= 4 is 11.3 Å². The second-order valence-corrected chi connectivity index (χ2v) is 2.32. The van der Waals surface area contributed by atoms with E-state index in [0.717, 1.165) is 0 Å². The molecule has 7 heavy (non-hydrogen) atoms. The van der Waals surface area contributed by atoms with Gasteiger partial charge in [-0.3, -0.25) is 0 Å². The van der Waals surface area contributed by atoms with Crippen LogP contribution in [0.3, 0.4) is 0 Å². The average Bonchev–Trinajstić information content (AvgIpc) is 2.14. The highest BCUT2D eigenvalue weighted by Crippen LogP contribution is 2.07. The van der Waals surface area contributed by atoms with Crippen molar-refractivity contribution in [1.82, 2.24) is 0 Å². The van der Waals surface area contributed by atoms with Crippen LogP contribution in [0.1, 0.15) is 4.88 Å². The first-order chi connectivity index (χ1) is 3.43. The van der Waals surface area contributed by atoms with Crippen LogP contribution in [-0.4, -0.2) is 0 Å². The molecular weight excluding hydrogens is 104 g/mol. The first kappa shape index (κ1) is 4.85. The third-order valence-corrected chi connectivity index (χ3v) is 1.68. The Hall–Kier alpha value is -0.300. The Bertz CT molecular complexity index is 119. The van der Waals surface area contributed by atoms with E-state index in [1.54, 1.807) is 11.3 Å². The first-order valence-electron chi connectivity index (χ1n) is 2.16. The summed E-state index contributed by atoms with van der Waals surface area (Å²) in [5.41, 5.74) is 0. The SMILES string of the molecule is [CH]Cc1cccs1. The van der Waals surface area contributed by atoms with E-state index in [2.05, 4.69) is 0 Å². The van der Waals surface area contributed by atoms with Gasteiger partial charge in [0, 0.05) is 4.88 Å². The molecule has 0 aliphatic heterocycles. The summed E-state index contributed by atoms with van der Waals surface area (Å²) >= 11 is 1.70. The van der Waals surface area contributed by atoms with Gasteiger partial charge in [0.25, 0.3) is 0 Å². The van der Waals surface area contributed by atoms with Gasteiger partial charge in [-0.1, -0.05) is 6.07 Å². The van der Waals surface area contributed by atoms with Crippen LogP contribution in [0.5, 0.6) is 0 Å². The Labute approximate surface area is 47.8 Å². The molecule has 0 fully saturated rings. The summed E-state index contributed by atoms with van der Waals surface area (Å²) in [6.45, 7) is 5.30. The molecule has 0 aliphatic rings. The highest BCUT2D eigenvalue weighted by molar-refractivity contribution is 7.09. The normalized spacial score (nSPS) is 9.29. The highest BCUT2D eigenvalue weighted by Gasteiger charge is 1.83. The fourth-order valence-corrected chi connectivity index (χ4v) is 1.01. The predicted octanol–water partition coefficient (Wildman–Crippen LogP) is 2.00. The van der Waals surface area contributed by atoms with Gasteiger partial charge in [0.15, 0.2) is 0 Å². The van der Waals surface area contributed by atoms with E-state index in [-0.39, 0.29) is 0 Å². The molecule has 0 aromatic carbocycles. The minimum absolute atomic E-state index is 0.678. The number of thiophene rings is 1. The van der Waals surface area contributed by atoms with Crippen molar-refractivity contribution in [2.45, 2.75) is 6.42 Å². The summed E-state index contributed by atoms with van der Waals surface area (Å²) in [6, 6.07) is 4.04. The van der Waals surface area contributed by atoms with Crippen molar-refractivity contribution in [2.24, 2.45) is 0 Å². The van der Waals surface area contributed by atoms with Crippen molar-refractivity contribution in [2.75, 3.05) is 0 Å². The van der Waals surface area contributed by atoms with Crippen LogP contribution >= 0.6 is 11.3 Å². The summed E-state index contributed by atoms with van der Waals surface area (Å²) in [6.07, 6.45) is 0.678. The molecule has 0 nitrogen and oxygen atoms in total. The van der Waals surface area contributed by atoms with Gasteiger partial charge in [-0.15, -0.1) is 11.3 Å². The average molecular weight is 110 g/mol. The van der Waals surface area contributed by atoms with Gasteiger partial charge in [-0.2, -0.15) is 0 Å². The van der Waals surface area contributed by atoms with Gasteiger partial charge in [0.05, 0.1) is 0 Å². The molecule has 0 aliphatic carbocycles. The van der Waals surface area contributed by atoms with Gasteiger partial charge >= 0.3 is 0 Å². The standard InChI is InChI=1S/C6H6S/c1-2-6-4-3-5-7-6/h1,3-5H,2H2. The summed E-state index contributed by atoms with van der Waals surface area (Å²) in [5, 5.41) is 2.03. The predicted molar refractivity (Wildman–Crippen MR) is 32.3 cm³/mol. The molecule has 0 saturated carbocycles. The van der Waals surface area contributed by atoms with Gasteiger partial charge in [-0.05, 0) is 24.8 Å². The topological polar surface area (TPSA) is 0 Å². The van der Waals surface area contributed by atoms with Crippen LogP contribution in [0, 0.1) is 6.92 Å². The van der Waals surface area contributed by atoms with Gasteiger partial charge < -0.3 is 0 Å². The van der Waals surface area contributed by atoms with Crippen LogP contribution in [0.2, 0.25) is 0 Å². The zero-order valence-electron chi connectivity index (χ0n) is 3.92. The van der Waals surface area contributed by atoms with Crippen LogP contribution in [0.4, 0.5) is 0 Å². The van der Waals surface area contributed by atoms with Crippen LogP contribution < -0.4 is 0 Å². The molecule has 0 amide bonds. The molecule has 0 bridgehead atoms. The van der Waals surface area contributed by atoms with E-state index in [1.165, 1.54) is 4.88 Å². The summed E-state index contributed by atoms with van der Waals surface area (Å²) in [4.78, 5) is 1.25. The number of hydrogen-bond donors (Lipinski definition) is 0. The molecule has 1 heteroatoms. The number of hydrogen-bond acceptors (Lipinski definition) is 1. The minimum Gasteiger partial charge on any atom is -0.149 e. The molecule has 0 atom stereocenters. The molecule has 2 radical (unpaired) electrons. The fourth-order valence-electron chi connectivity index (χ4n) is 0.429. The second kappa shape index (κ2) is 2.12. The van der Waals surface area contributed by atoms with Crippen molar-refractivity contribution < 1.29 is 0 Å². The molecule has 36 valence electrons.